The van der Waals surface area contributed by atoms with E-state index in [-0.39, 0.29) is 29.4 Å². The molecule has 0 aliphatic carbocycles. The second kappa shape index (κ2) is 9.96. The standard InChI is InChI=1S/C17H25ClN6.HI/c1-5-19-16(20-10-15-22-12-23-24(15)4)21-11-17(2,3)13-7-6-8-14(18)9-13;/h6-9,12H,5,10-11H2,1-4H3,(H2,19,20,21);1H. The van der Waals surface area contributed by atoms with Crippen LogP contribution in [-0.2, 0) is 19.0 Å². The average Bonchev–Trinajstić information content (AvgIpc) is 2.95. The molecule has 1 aromatic heterocycles. The van der Waals surface area contributed by atoms with Crippen LogP contribution in [-0.4, -0.2) is 33.8 Å². The predicted octanol–water partition coefficient (Wildman–Crippen LogP) is 3.12. The molecule has 6 nitrogen and oxygen atoms in total. The van der Waals surface area contributed by atoms with Gasteiger partial charge in [0.15, 0.2) is 5.96 Å². The van der Waals surface area contributed by atoms with E-state index in [0.29, 0.717) is 6.54 Å². The van der Waals surface area contributed by atoms with Crippen molar-refractivity contribution >= 4 is 41.5 Å². The number of hydrogen-bond donors (Lipinski definition) is 2. The SMILES string of the molecule is CCNC(=NCc1ncnn1C)NCC(C)(C)c1cccc(Cl)c1.I. The quantitative estimate of drug-likeness (QED) is 0.382. The minimum atomic E-state index is -0.0775. The van der Waals surface area contributed by atoms with Crippen molar-refractivity contribution in [2.24, 2.45) is 12.0 Å². The molecular formula is C17H26ClIN6. The van der Waals surface area contributed by atoms with Crippen LogP contribution in [0.2, 0.25) is 5.02 Å². The highest BCUT2D eigenvalue weighted by atomic mass is 127. The molecule has 8 heteroatoms. The second-order valence-electron chi connectivity index (χ2n) is 6.24. The van der Waals surface area contributed by atoms with Gasteiger partial charge >= 0.3 is 0 Å². The minimum absolute atomic E-state index is 0. The van der Waals surface area contributed by atoms with Gasteiger partial charge in [-0.3, -0.25) is 4.68 Å². The van der Waals surface area contributed by atoms with Crippen molar-refractivity contribution in [3.63, 3.8) is 0 Å². The highest BCUT2D eigenvalue weighted by Gasteiger charge is 2.21. The van der Waals surface area contributed by atoms with E-state index in [1.165, 1.54) is 11.9 Å². The molecule has 138 valence electrons. The molecule has 0 saturated heterocycles. The van der Waals surface area contributed by atoms with Gasteiger partial charge in [0.2, 0.25) is 0 Å². The van der Waals surface area contributed by atoms with E-state index in [2.05, 4.69) is 45.6 Å². The summed E-state index contributed by atoms with van der Waals surface area (Å²) in [5, 5.41) is 11.5. The Hall–Kier alpha value is -1.35. The summed E-state index contributed by atoms with van der Waals surface area (Å²) in [6.07, 6.45) is 1.54. The lowest BCUT2D eigenvalue weighted by atomic mass is 9.84. The molecule has 25 heavy (non-hydrogen) atoms. The maximum Gasteiger partial charge on any atom is 0.191 e. The number of halogens is 2. The first-order valence-electron chi connectivity index (χ1n) is 8.03. The molecule has 1 aromatic carbocycles. The number of nitrogens with one attached hydrogen (secondary N) is 2. The Labute approximate surface area is 171 Å². The van der Waals surface area contributed by atoms with Crippen LogP contribution in [0, 0.1) is 0 Å². The molecule has 2 rings (SSSR count). The molecular weight excluding hydrogens is 451 g/mol. The lowest BCUT2D eigenvalue weighted by molar-refractivity contribution is 0.508. The number of aromatic nitrogens is 3. The average molecular weight is 477 g/mol. The zero-order chi connectivity index (χ0) is 17.6. The van der Waals surface area contributed by atoms with Gasteiger partial charge in [-0.05, 0) is 24.6 Å². The molecule has 0 aliphatic rings. The molecule has 0 unspecified atom stereocenters. The van der Waals surface area contributed by atoms with Crippen LogP contribution in [0.3, 0.4) is 0 Å². The first kappa shape index (κ1) is 21.7. The first-order valence-corrected chi connectivity index (χ1v) is 8.41. The van der Waals surface area contributed by atoms with Crippen molar-refractivity contribution in [2.45, 2.75) is 32.7 Å². The van der Waals surface area contributed by atoms with Gasteiger partial charge in [0.25, 0.3) is 0 Å². The number of guanidine groups is 1. The zero-order valence-electron chi connectivity index (χ0n) is 15.1. The molecule has 0 radical (unpaired) electrons. The smallest absolute Gasteiger partial charge is 0.191 e. The van der Waals surface area contributed by atoms with Crippen LogP contribution in [0.5, 0.6) is 0 Å². The molecule has 1 heterocycles. The van der Waals surface area contributed by atoms with E-state index in [1.54, 1.807) is 4.68 Å². The Kier molecular flexibility index (Phi) is 8.64. The highest BCUT2D eigenvalue weighted by molar-refractivity contribution is 14.0. The van der Waals surface area contributed by atoms with Gasteiger partial charge in [-0.15, -0.1) is 24.0 Å². The molecule has 0 amide bonds. The summed E-state index contributed by atoms with van der Waals surface area (Å²) >= 11 is 6.11. The van der Waals surface area contributed by atoms with Gasteiger partial charge in [-0.25, -0.2) is 9.98 Å². The Bertz CT molecular complexity index is 698. The van der Waals surface area contributed by atoms with E-state index in [9.17, 15) is 0 Å². The molecule has 0 aliphatic heterocycles. The molecule has 0 saturated carbocycles. The first-order chi connectivity index (χ1) is 11.4. The van der Waals surface area contributed by atoms with Crippen molar-refractivity contribution in [2.75, 3.05) is 13.1 Å². The van der Waals surface area contributed by atoms with Crippen molar-refractivity contribution in [3.05, 3.63) is 47.0 Å². The summed E-state index contributed by atoms with van der Waals surface area (Å²) in [4.78, 5) is 8.76. The lowest BCUT2D eigenvalue weighted by Crippen LogP contribution is -2.43. The largest absolute Gasteiger partial charge is 0.357 e. The maximum absolute atomic E-state index is 6.11. The molecule has 0 fully saturated rings. The lowest BCUT2D eigenvalue weighted by Gasteiger charge is -2.27. The summed E-state index contributed by atoms with van der Waals surface area (Å²) in [6, 6.07) is 7.97. The van der Waals surface area contributed by atoms with Crippen LogP contribution >= 0.6 is 35.6 Å². The third kappa shape index (κ3) is 6.47. The third-order valence-corrected chi connectivity index (χ3v) is 4.07. The Morgan fingerprint density at radius 3 is 2.68 bits per heavy atom. The number of hydrogen-bond acceptors (Lipinski definition) is 3. The van der Waals surface area contributed by atoms with Crippen molar-refractivity contribution in [3.8, 4) is 0 Å². The minimum Gasteiger partial charge on any atom is -0.357 e. The number of aliphatic imine (C=N–C) groups is 1. The summed E-state index contributed by atoms with van der Waals surface area (Å²) in [5.74, 6) is 1.58. The molecule has 0 atom stereocenters. The van der Waals surface area contributed by atoms with Gasteiger partial charge in [0.1, 0.15) is 18.7 Å². The van der Waals surface area contributed by atoms with Crippen molar-refractivity contribution in [1.29, 1.82) is 0 Å². The van der Waals surface area contributed by atoms with E-state index in [0.717, 1.165) is 29.9 Å². The normalized spacial score (nSPS) is 11.8. The fourth-order valence-corrected chi connectivity index (χ4v) is 2.46. The summed E-state index contributed by atoms with van der Waals surface area (Å²) in [6.45, 7) is 8.40. The second-order valence-corrected chi connectivity index (χ2v) is 6.68. The number of benzene rings is 1. The predicted molar refractivity (Wildman–Crippen MR) is 114 cm³/mol. The zero-order valence-corrected chi connectivity index (χ0v) is 18.2. The van der Waals surface area contributed by atoms with Gasteiger partial charge in [0, 0.05) is 30.6 Å². The van der Waals surface area contributed by atoms with Crippen LogP contribution in [0.15, 0.2) is 35.6 Å². The molecule has 0 spiro atoms. The summed E-state index contributed by atoms with van der Waals surface area (Å²) < 4.78 is 1.73. The fraction of sp³-hybridized carbons (Fsp3) is 0.471. The van der Waals surface area contributed by atoms with Crippen LogP contribution in [0.1, 0.15) is 32.2 Å². The highest BCUT2D eigenvalue weighted by Crippen LogP contribution is 2.24. The van der Waals surface area contributed by atoms with Crippen molar-refractivity contribution < 1.29 is 0 Å². The topological polar surface area (TPSA) is 67.1 Å². The van der Waals surface area contributed by atoms with Gasteiger partial charge < -0.3 is 10.6 Å². The molecule has 2 aromatic rings. The summed E-state index contributed by atoms with van der Waals surface area (Å²) in [5.41, 5.74) is 1.11. The van der Waals surface area contributed by atoms with Gasteiger partial charge in [-0.2, -0.15) is 5.10 Å². The fourth-order valence-electron chi connectivity index (χ4n) is 2.27. The Morgan fingerprint density at radius 1 is 1.32 bits per heavy atom. The monoisotopic (exact) mass is 476 g/mol. The molecule has 2 N–H and O–H groups in total. The Balaban J connectivity index is 0.00000312. The number of aryl methyl sites for hydroxylation is 1. The van der Waals surface area contributed by atoms with E-state index in [1.807, 2.05) is 32.2 Å². The molecule has 0 bridgehead atoms. The van der Waals surface area contributed by atoms with E-state index < -0.39 is 0 Å². The van der Waals surface area contributed by atoms with Gasteiger partial charge in [0.05, 0.1) is 0 Å². The Morgan fingerprint density at radius 2 is 2.08 bits per heavy atom. The van der Waals surface area contributed by atoms with E-state index in [4.69, 9.17) is 11.6 Å². The maximum atomic E-state index is 6.11. The third-order valence-electron chi connectivity index (χ3n) is 3.83. The van der Waals surface area contributed by atoms with E-state index >= 15 is 0 Å². The number of nitrogens with zero attached hydrogens (tertiary/aromatic N) is 4. The van der Waals surface area contributed by atoms with Crippen LogP contribution in [0.25, 0.3) is 0 Å². The van der Waals surface area contributed by atoms with Gasteiger partial charge in [-0.1, -0.05) is 37.6 Å². The van der Waals surface area contributed by atoms with Crippen LogP contribution in [0.4, 0.5) is 0 Å². The number of rotatable bonds is 6. The summed E-state index contributed by atoms with van der Waals surface area (Å²) in [7, 11) is 1.86. The van der Waals surface area contributed by atoms with Crippen molar-refractivity contribution in [1.82, 2.24) is 25.4 Å². The van der Waals surface area contributed by atoms with Crippen LogP contribution < -0.4 is 10.6 Å².